The molecule has 3 heterocycles. The maximum atomic E-state index is 12.2. The fourth-order valence-corrected chi connectivity index (χ4v) is 3.37. The van der Waals surface area contributed by atoms with Gasteiger partial charge in [-0.3, -0.25) is 9.78 Å². The number of rotatable bonds is 1. The minimum Gasteiger partial charge on any atom is -0.484 e. The second-order valence-corrected chi connectivity index (χ2v) is 6.47. The summed E-state index contributed by atoms with van der Waals surface area (Å²) in [7, 11) is 0. The molecule has 1 N–H and O–H groups in total. The molecule has 0 atom stereocenters. The zero-order valence-electron chi connectivity index (χ0n) is 13.7. The van der Waals surface area contributed by atoms with E-state index in [2.05, 4.69) is 20.2 Å². The number of piperidine rings is 1. The van der Waals surface area contributed by atoms with Crippen molar-refractivity contribution in [3.05, 3.63) is 47.9 Å². The number of para-hydroxylation sites is 1. The quantitative estimate of drug-likeness (QED) is 0.868. The molecule has 2 aliphatic heterocycles. The van der Waals surface area contributed by atoms with Crippen LogP contribution in [0.5, 0.6) is 5.75 Å². The molecule has 1 amide bonds. The first kappa shape index (κ1) is 14.9. The van der Waals surface area contributed by atoms with E-state index in [1.54, 1.807) is 18.5 Å². The molecular formula is C18H20N4O2. The van der Waals surface area contributed by atoms with E-state index in [4.69, 9.17) is 4.74 Å². The van der Waals surface area contributed by atoms with Gasteiger partial charge >= 0.3 is 0 Å². The van der Waals surface area contributed by atoms with Gasteiger partial charge < -0.3 is 15.0 Å². The molecule has 0 saturated carbocycles. The third kappa shape index (κ3) is 2.68. The molecule has 0 radical (unpaired) electrons. The van der Waals surface area contributed by atoms with Crippen molar-refractivity contribution in [1.29, 1.82) is 0 Å². The van der Waals surface area contributed by atoms with E-state index in [9.17, 15) is 4.79 Å². The number of carbonyl (C=O) groups is 1. The fraction of sp³-hybridized carbons (Fsp3) is 0.389. The minimum absolute atomic E-state index is 0.0607. The van der Waals surface area contributed by atoms with Gasteiger partial charge in [-0.2, -0.15) is 0 Å². The Morgan fingerprint density at radius 3 is 2.79 bits per heavy atom. The zero-order valence-corrected chi connectivity index (χ0v) is 13.7. The largest absolute Gasteiger partial charge is 0.484 e. The maximum absolute atomic E-state index is 12.2. The van der Waals surface area contributed by atoms with E-state index in [-0.39, 0.29) is 11.5 Å². The third-order valence-corrected chi connectivity index (χ3v) is 4.77. The van der Waals surface area contributed by atoms with Gasteiger partial charge in [-0.05, 0) is 19.1 Å². The summed E-state index contributed by atoms with van der Waals surface area (Å²) in [5.74, 6) is 1.52. The molecule has 6 heteroatoms. The molecular weight excluding hydrogens is 304 g/mol. The number of ether oxygens (including phenoxy) is 1. The van der Waals surface area contributed by atoms with E-state index in [1.807, 2.05) is 25.1 Å². The first-order valence-corrected chi connectivity index (χ1v) is 8.25. The predicted molar refractivity (Wildman–Crippen MR) is 90.4 cm³/mol. The number of hydrogen-bond acceptors (Lipinski definition) is 5. The van der Waals surface area contributed by atoms with Crippen molar-refractivity contribution in [3.8, 4) is 5.75 Å². The van der Waals surface area contributed by atoms with Crippen molar-refractivity contribution in [2.24, 2.45) is 0 Å². The molecule has 1 saturated heterocycles. The van der Waals surface area contributed by atoms with Crippen LogP contribution in [0.15, 0.2) is 36.7 Å². The molecule has 0 bridgehead atoms. The summed E-state index contributed by atoms with van der Waals surface area (Å²) >= 11 is 0. The Labute approximate surface area is 140 Å². The van der Waals surface area contributed by atoms with Gasteiger partial charge in [0.05, 0.1) is 24.0 Å². The molecule has 1 aromatic heterocycles. The SMILES string of the molecule is Cc1cncc(N2CCC3(CC2)CNC(=O)c2ccccc2O3)n1. The number of nitrogens with zero attached hydrogens (tertiary/aromatic N) is 3. The number of benzene rings is 1. The average molecular weight is 324 g/mol. The highest BCUT2D eigenvalue weighted by Crippen LogP contribution is 2.33. The number of anilines is 1. The number of aryl methyl sites for hydroxylation is 1. The summed E-state index contributed by atoms with van der Waals surface area (Å²) in [4.78, 5) is 23.2. The summed E-state index contributed by atoms with van der Waals surface area (Å²) in [6, 6.07) is 7.45. The van der Waals surface area contributed by atoms with E-state index >= 15 is 0 Å². The Morgan fingerprint density at radius 1 is 1.21 bits per heavy atom. The number of amides is 1. The lowest BCUT2D eigenvalue weighted by Crippen LogP contribution is -2.53. The standard InChI is InChI=1S/C18H20N4O2/c1-13-10-19-11-16(21-13)22-8-6-18(7-9-22)12-20-17(23)14-4-2-3-5-15(14)24-18/h2-5,10-11H,6-9,12H2,1H3,(H,20,23). The Hall–Kier alpha value is -2.63. The van der Waals surface area contributed by atoms with Crippen LogP contribution in [0.1, 0.15) is 28.9 Å². The van der Waals surface area contributed by atoms with Gasteiger partial charge in [-0.25, -0.2) is 4.98 Å². The Kier molecular flexibility index (Phi) is 3.59. The smallest absolute Gasteiger partial charge is 0.255 e. The Balaban J connectivity index is 1.53. The van der Waals surface area contributed by atoms with Crippen LogP contribution >= 0.6 is 0 Å². The van der Waals surface area contributed by atoms with Gasteiger partial charge in [-0.15, -0.1) is 0 Å². The van der Waals surface area contributed by atoms with Gasteiger partial charge in [0.2, 0.25) is 0 Å². The monoisotopic (exact) mass is 324 g/mol. The van der Waals surface area contributed by atoms with E-state index in [0.29, 0.717) is 17.9 Å². The average Bonchev–Trinajstić information content (AvgIpc) is 2.73. The topological polar surface area (TPSA) is 67.4 Å². The van der Waals surface area contributed by atoms with Gasteiger partial charge in [0.1, 0.15) is 17.2 Å². The second-order valence-electron chi connectivity index (χ2n) is 6.47. The molecule has 1 spiro atoms. The summed E-state index contributed by atoms with van der Waals surface area (Å²) in [6.07, 6.45) is 5.22. The number of fused-ring (bicyclic) bond motifs is 1. The molecule has 0 unspecified atom stereocenters. The van der Waals surface area contributed by atoms with Crippen LogP contribution < -0.4 is 15.0 Å². The van der Waals surface area contributed by atoms with Crippen molar-refractivity contribution in [3.63, 3.8) is 0 Å². The lowest BCUT2D eigenvalue weighted by Gasteiger charge is -2.41. The first-order chi connectivity index (χ1) is 11.7. The molecule has 124 valence electrons. The summed E-state index contributed by atoms with van der Waals surface area (Å²) < 4.78 is 6.32. The number of carbonyl (C=O) groups excluding carboxylic acids is 1. The number of nitrogens with one attached hydrogen (secondary N) is 1. The molecule has 0 aliphatic carbocycles. The molecule has 24 heavy (non-hydrogen) atoms. The lowest BCUT2D eigenvalue weighted by molar-refractivity contribution is 0.0472. The van der Waals surface area contributed by atoms with Crippen molar-refractivity contribution >= 4 is 11.7 Å². The second kappa shape index (κ2) is 5.78. The Bertz CT molecular complexity index is 769. The summed E-state index contributed by atoms with van der Waals surface area (Å²) in [5.41, 5.74) is 1.18. The van der Waals surface area contributed by atoms with Gasteiger partial charge in [0.25, 0.3) is 5.91 Å². The van der Waals surface area contributed by atoms with Crippen molar-refractivity contribution in [2.75, 3.05) is 24.5 Å². The normalized spacial score (nSPS) is 19.2. The molecule has 6 nitrogen and oxygen atoms in total. The van der Waals surface area contributed by atoms with Crippen molar-refractivity contribution in [1.82, 2.24) is 15.3 Å². The van der Waals surface area contributed by atoms with Crippen LogP contribution in [-0.2, 0) is 0 Å². The Morgan fingerprint density at radius 2 is 2.00 bits per heavy atom. The first-order valence-electron chi connectivity index (χ1n) is 8.25. The molecule has 2 aromatic rings. The van der Waals surface area contributed by atoms with Crippen LogP contribution in [0.3, 0.4) is 0 Å². The summed E-state index contributed by atoms with van der Waals surface area (Å²) in [5, 5.41) is 3.01. The van der Waals surface area contributed by atoms with Gasteiger partial charge in [0.15, 0.2) is 0 Å². The highest BCUT2D eigenvalue weighted by Gasteiger charge is 2.40. The fourth-order valence-electron chi connectivity index (χ4n) is 3.37. The predicted octanol–water partition coefficient (Wildman–Crippen LogP) is 1.95. The van der Waals surface area contributed by atoms with E-state index in [1.165, 1.54) is 0 Å². The van der Waals surface area contributed by atoms with Crippen LogP contribution in [0.4, 0.5) is 5.82 Å². The van der Waals surface area contributed by atoms with E-state index in [0.717, 1.165) is 37.4 Å². The zero-order chi connectivity index (χ0) is 16.6. The van der Waals surface area contributed by atoms with Gasteiger partial charge in [-0.1, -0.05) is 12.1 Å². The molecule has 1 aromatic carbocycles. The van der Waals surface area contributed by atoms with E-state index < -0.39 is 0 Å². The molecule has 4 rings (SSSR count). The number of hydrogen-bond donors (Lipinski definition) is 1. The lowest BCUT2D eigenvalue weighted by atomic mass is 9.91. The van der Waals surface area contributed by atoms with Crippen LogP contribution in [0, 0.1) is 6.92 Å². The highest BCUT2D eigenvalue weighted by molar-refractivity contribution is 5.97. The molecule has 2 aliphatic rings. The minimum atomic E-state index is -0.351. The maximum Gasteiger partial charge on any atom is 0.255 e. The third-order valence-electron chi connectivity index (χ3n) is 4.77. The van der Waals surface area contributed by atoms with Crippen LogP contribution in [0.25, 0.3) is 0 Å². The summed E-state index contributed by atoms with van der Waals surface area (Å²) in [6.45, 7) is 4.14. The van der Waals surface area contributed by atoms with Crippen LogP contribution in [-0.4, -0.2) is 41.1 Å². The van der Waals surface area contributed by atoms with Crippen LogP contribution in [0.2, 0.25) is 0 Å². The van der Waals surface area contributed by atoms with Crippen molar-refractivity contribution in [2.45, 2.75) is 25.4 Å². The number of aromatic nitrogens is 2. The van der Waals surface area contributed by atoms with Crippen molar-refractivity contribution < 1.29 is 9.53 Å². The highest BCUT2D eigenvalue weighted by atomic mass is 16.5. The van der Waals surface area contributed by atoms with Gasteiger partial charge in [0, 0.05) is 32.1 Å². The molecule has 1 fully saturated rings.